The minimum atomic E-state index is -2.99. The molecule has 0 spiro atoms. The number of alkyl halides is 2. The Kier molecular flexibility index (Phi) is 6.87. The normalized spacial score (nSPS) is 12.5. The van der Waals surface area contributed by atoms with E-state index < -0.39 is 35.5 Å². The number of carbonyl (C=O) groups excluding carboxylic acids is 1. The average molecular weight is 461 g/mol. The van der Waals surface area contributed by atoms with Gasteiger partial charge in [0.15, 0.2) is 0 Å². The Bertz CT molecular complexity index is 1200. The highest BCUT2D eigenvalue weighted by molar-refractivity contribution is 5.95. The van der Waals surface area contributed by atoms with Gasteiger partial charge < -0.3 is 15.2 Å². The molecule has 174 valence electrons. The van der Waals surface area contributed by atoms with Crippen LogP contribution in [0.1, 0.15) is 31.1 Å². The number of hydrogen-bond acceptors (Lipinski definition) is 5. The number of rotatable bonds is 7. The first kappa shape index (κ1) is 24.0. The molecule has 1 atom stereocenters. The van der Waals surface area contributed by atoms with Gasteiger partial charge in [0.25, 0.3) is 11.5 Å². The molecule has 1 aromatic heterocycles. The third kappa shape index (κ3) is 5.78. The van der Waals surface area contributed by atoms with Gasteiger partial charge in [-0.3, -0.25) is 9.59 Å². The Balaban J connectivity index is 2.12. The van der Waals surface area contributed by atoms with Crippen LogP contribution in [-0.2, 0) is 0 Å². The van der Waals surface area contributed by atoms with Crippen LogP contribution in [0, 0.1) is 5.82 Å². The molecule has 0 bridgehead atoms. The van der Waals surface area contributed by atoms with Crippen molar-refractivity contribution < 1.29 is 27.8 Å². The van der Waals surface area contributed by atoms with Crippen LogP contribution < -0.4 is 15.6 Å². The van der Waals surface area contributed by atoms with Crippen molar-refractivity contribution in [1.29, 1.82) is 0 Å². The third-order valence-electron chi connectivity index (χ3n) is 4.99. The van der Waals surface area contributed by atoms with Crippen molar-refractivity contribution in [2.75, 3.05) is 0 Å². The first-order valence-electron chi connectivity index (χ1n) is 9.94. The molecule has 2 aromatic carbocycles. The van der Waals surface area contributed by atoms with Gasteiger partial charge in [-0.05, 0) is 69.3 Å². The number of nitrogens with zero attached hydrogens (tertiary/aromatic N) is 2. The van der Waals surface area contributed by atoms with E-state index in [2.05, 4.69) is 15.2 Å². The van der Waals surface area contributed by atoms with Gasteiger partial charge in [0.05, 0.1) is 23.0 Å². The highest BCUT2D eigenvalue weighted by Crippen LogP contribution is 2.23. The molecule has 1 unspecified atom stereocenters. The molecule has 10 heteroatoms. The maximum atomic E-state index is 13.8. The molecule has 1 heterocycles. The van der Waals surface area contributed by atoms with Crippen molar-refractivity contribution in [2.24, 2.45) is 0 Å². The molecule has 3 aromatic rings. The van der Waals surface area contributed by atoms with Gasteiger partial charge in [-0.15, -0.1) is 0 Å². The van der Waals surface area contributed by atoms with Gasteiger partial charge in [-0.25, -0.2) is 4.39 Å². The van der Waals surface area contributed by atoms with Gasteiger partial charge >= 0.3 is 6.61 Å². The van der Waals surface area contributed by atoms with E-state index in [1.807, 2.05) is 0 Å². The van der Waals surface area contributed by atoms with Crippen molar-refractivity contribution in [3.63, 3.8) is 0 Å². The highest BCUT2D eigenvalue weighted by Gasteiger charge is 2.26. The first-order valence-corrected chi connectivity index (χ1v) is 9.94. The SMILES string of the molecule is CC(NC(=O)c1cc(-c2ccc(OC(F)F)cc2)nn(-c2cccc(F)c2)c1=O)C(C)(C)O. The highest BCUT2D eigenvalue weighted by atomic mass is 19.3. The largest absolute Gasteiger partial charge is 0.435 e. The van der Waals surface area contributed by atoms with Gasteiger partial charge in [0.2, 0.25) is 0 Å². The predicted molar refractivity (Wildman–Crippen MR) is 115 cm³/mol. The predicted octanol–water partition coefficient (Wildman–Crippen LogP) is 3.53. The standard InChI is InChI=1S/C23H22F3N3O4/c1-13(23(2,3)32)27-20(30)18-12-19(14-7-9-17(10-8-14)33-22(25)26)28-29(21(18)31)16-6-4-5-15(24)11-16/h4-13,22,32H,1-3H3,(H,27,30). The number of carbonyl (C=O) groups is 1. The summed E-state index contributed by atoms with van der Waals surface area (Å²) in [7, 11) is 0. The molecule has 7 nitrogen and oxygen atoms in total. The van der Waals surface area contributed by atoms with E-state index in [1.54, 1.807) is 6.92 Å². The van der Waals surface area contributed by atoms with Crippen LogP contribution in [0.15, 0.2) is 59.4 Å². The lowest BCUT2D eigenvalue weighted by Crippen LogP contribution is -2.48. The van der Waals surface area contributed by atoms with Crippen LogP contribution in [-0.4, -0.2) is 39.0 Å². The molecule has 1 amide bonds. The lowest BCUT2D eigenvalue weighted by molar-refractivity contribution is -0.0498. The second-order valence-corrected chi connectivity index (χ2v) is 7.89. The van der Waals surface area contributed by atoms with Gasteiger partial charge in [-0.2, -0.15) is 18.6 Å². The van der Waals surface area contributed by atoms with Crippen LogP contribution in [0.3, 0.4) is 0 Å². The molecule has 0 saturated heterocycles. The minimum Gasteiger partial charge on any atom is -0.435 e. The summed E-state index contributed by atoms with van der Waals surface area (Å²) in [6.45, 7) is 1.60. The maximum Gasteiger partial charge on any atom is 0.387 e. The Morgan fingerprint density at radius 3 is 2.39 bits per heavy atom. The summed E-state index contributed by atoms with van der Waals surface area (Å²) in [6, 6.07) is 11.1. The second kappa shape index (κ2) is 9.45. The molecular formula is C23H22F3N3O4. The monoisotopic (exact) mass is 461 g/mol. The average Bonchev–Trinajstić information content (AvgIpc) is 2.73. The molecule has 0 aliphatic rings. The number of nitrogens with one attached hydrogen (secondary N) is 1. The zero-order valence-corrected chi connectivity index (χ0v) is 18.1. The van der Waals surface area contributed by atoms with Crippen LogP contribution >= 0.6 is 0 Å². The van der Waals surface area contributed by atoms with Crippen molar-refractivity contribution in [2.45, 2.75) is 39.0 Å². The second-order valence-electron chi connectivity index (χ2n) is 7.89. The number of halogens is 3. The van der Waals surface area contributed by atoms with Crippen LogP contribution in [0.5, 0.6) is 5.75 Å². The summed E-state index contributed by atoms with van der Waals surface area (Å²) >= 11 is 0. The molecule has 0 aliphatic carbocycles. The van der Waals surface area contributed by atoms with Crippen LogP contribution in [0.2, 0.25) is 0 Å². The quantitative estimate of drug-likeness (QED) is 0.562. The van der Waals surface area contributed by atoms with Gasteiger partial charge in [0.1, 0.15) is 17.1 Å². The number of amides is 1. The molecule has 2 N–H and O–H groups in total. The lowest BCUT2D eigenvalue weighted by Gasteiger charge is -2.26. The zero-order valence-electron chi connectivity index (χ0n) is 18.1. The number of ether oxygens (including phenoxy) is 1. The molecule has 3 rings (SSSR count). The van der Waals surface area contributed by atoms with Gasteiger partial charge in [0, 0.05) is 5.56 Å². The summed E-state index contributed by atoms with van der Waals surface area (Å²) in [4.78, 5) is 26.0. The van der Waals surface area contributed by atoms with E-state index in [0.717, 1.165) is 10.7 Å². The summed E-state index contributed by atoms with van der Waals surface area (Å²) in [5.41, 5.74) is -1.72. The summed E-state index contributed by atoms with van der Waals surface area (Å²) in [6.07, 6.45) is 0. The molecular weight excluding hydrogens is 439 g/mol. The summed E-state index contributed by atoms with van der Waals surface area (Å²) in [5.74, 6) is -1.45. The van der Waals surface area contributed by atoms with Crippen LogP contribution in [0.25, 0.3) is 16.9 Å². The fourth-order valence-electron chi connectivity index (χ4n) is 2.84. The Hall–Kier alpha value is -3.66. The van der Waals surface area contributed by atoms with Gasteiger partial charge in [-0.1, -0.05) is 6.07 Å². The Labute approximate surface area is 187 Å². The smallest absolute Gasteiger partial charge is 0.387 e. The Morgan fingerprint density at radius 1 is 1.15 bits per heavy atom. The topological polar surface area (TPSA) is 93.5 Å². The molecule has 33 heavy (non-hydrogen) atoms. The van der Waals surface area contributed by atoms with E-state index in [4.69, 9.17) is 0 Å². The number of hydrogen-bond donors (Lipinski definition) is 2. The van der Waals surface area contributed by atoms with Crippen molar-refractivity contribution in [3.05, 3.63) is 76.3 Å². The summed E-state index contributed by atoms with van der Waals surface area (Å²) < 4.78 is 43.9. The number of aromatic nitrogens is 2. The third-order valence-corrected chi connectivity index (χ3v) is 4.99. The lowest BCUT2D eigenvalue weighted by atomic mass is 10.0. The van der Waals surface area contributed by atoms with E-state index >= 15 is 0 Å². The Morgan fingerprint density at radius 2 is 1.82 bits per heavy atom. The molecule has 0 fully saturated rings. The van der Waals surface area contributed by atoms with Crippen LogP contribution in [0.4, 0.5) is 13.2 Å². The fraction of sp³-hybridized carbons (Fsp3) is 0.261. The molecule has 0 aliphatic heterocycles. The van der Waals surface area contributed by atoms with Crippen molar-refractivity contribution in [1.82, 2.24) is 15.1 Å². The van der Waals surface area contributed by atoms with E-state index in [1.165, 1.54) is 62.4 Å². The maximum absolute atomic E-state index is 13.8. The number of aliphatic hydroxyl groups is 1. The molecule has 0 radical (unpaired) electrons. The summed E-state index contributed by atoms with van der Waals surface area (Å²) in [5, 5.41) is 16.9. The minimum absolute atomic E-state index is 0.0795. The fourth-order valence-corrected chi connectivity index (χ4v) is 2.84. The van der Waals surface area contributed by atoms with E-state index in [-0.39, 0.29) is 22.7 Å². The van der Waals surface area contributed by atoms with Crippen molar-refractivity contribution >= 4 is 5.91 Å². The van der Waals surface area contributed by atoms with Crippen molar-refractivity contribution in [3.8, 4) is 22.7 Å². The van der Waals surface area contributed by atoms with E-state index in [9.17, 15) is 27.9 Å². The van der Waals surface area contributed by atoms with E-state index in [0.29, 0.717) is 5.56 Å². The zero-order chi connectivity index (χ0) is 24.3. The number of benzene rings is 2. The first-order chi connectivity index (χ1) is 15.5. The molecule has 0 saturated carbocycles.